The maximum Gasteiger partial charge on any atom is 0.268 e. The number of aliphatic hydroxyl groups is 1. The first kappa shape index (κ1) is 22.0. The molecule has 5 N–H and O–H groups in total. The van der Waals surface area contributed by atoms with E-state index in [9.17, 15) is 19.5 Å². The number of nitrogens with one attached hydrogen (secondary N) is 3. The minimum atomic E-state index is -1.28. The van der Waals surface area contributed by atoms with Crippen molar-refractivity contribution in [3.8, 4) is 11.1 Å². The number of aliphatic hydroxyl groups excluding tert-OH is 1. The van der Waals surface area contributed by atoms with Crippen LogP contribution in [0.1, 0.15) is 17.3 Å². The van der Waals surface area contributed by atoms with Crippen molar-refractivity contribution in [2.24, 2.45) is 0 Å². The fourth-order valence-electron chi connectivity index (χ4n) is 2.59. The molecule has 2 atom stereocenters. The Balaban J connectivity index is 2.06. The number of benzene rings is 2. The second-order valence-corrected chi connectivity index (χ2v) is 6.30. The predicted octanol–water partition coefficient (Wildman–Crippen LogP) is 0.923. The van der Waals surface area contributed by atoms with Crippen LogP contribution in [0.5, 0.6) is 0 Å². The largest absolute Gasteiger partial charge is 0.391 e. The van der Waals surface area contributed by atoms with E-state index in [-0.39, 0.29) is 18.1 Å². The number of hydrogen-bond acceptors (Lipinski definition) is 6. The molecule has 2 rings (SSSR count). The summed E-state index contributed by atoms with van der Waals surface area (Å²) in [5.41, 5.74) is 4.06. The summed E-state index contributed by atoms with van der Waals surface area (Å²) in [4.78, 5) is 35.3. The van der Waals surface area contributed by atoms with Gasteiger partial charge in [0.2, 0.25) is 5.91 Å². The topological polar surface area (TPSA) is 137 Å². The predicted molar refractivity (Wildman–Crippen MR) is 105 cm³/mol. The van der Waals surface area contributed by atoms with E-state index < -0.39 is 24.0 Å². The van der Waals surface area contributed by atoms with Crippen molar-refractivity contribution < 1.29 is 29.4 Å². The standard InChI is InChI=1S/C20H23N3O6/c1-12(24)18(20(27)23-28)22-19(26)15-5-3-13(4-6-15)14-7-9-16(10-8-14)21-17(25)11-29-2/h3-10,12,18,24,28H,11H2,1-2H3,(H,21,25)(H,22,26)(H,23,27)/t12-,18+/m1/s1. The third-order valence-electron chi connectivity index (χ3n) is 4.09. The average molecular weight is 401 g/mol. The van der Waals surface area contributed by atoms with Gasteiger partial charge in [0.05, 0.1) is 6.10 Å². The van der Waals surface area contributed by atoms with Crippen LogP contribution < -0.4 is 16.1 Å². The normalized spacial score (nSPS) is 12.6. The molecule has 2 aromatic rings. The van der Waals surface area contributed by atoms with Crippen molar-refractivity contribution in [3.63, 3.8) is 0 Å². The molecule has 3 amide bonds. The molecule has 0 heterocycles. The number of carbonyl (C=O) groups is 3. The summed E-state index contributed by atoms with van der Waals surface area (Å²) < 4.78 is 4.76. The fourth-order valence-corrected chi connectivity index (χ4v) is 2.59. The van der Waals surface area contributed by atoms with Crippen LogP contribution in [-0.2, 0) is 14.3 Å². The van der Waals surface area contributed by atoms with Gasteiger partial charge in [-0.15, -0.1) is 0 Å². The van der Waals surface area contributed by atoms with Crippen molar-refractivity contribution >= 4 is 23.4 Å². The number of rotatable bonds is 8. The van der Waals surface area contributed by atoms with Crippen LogP contribution >= 0.6 is 0 Å². The van der Waals surface area contributed by atoms with Gasteiger partial charge >= 0.3 is 0 Å². The first-order valence-corrected chi connectivity index (χ1v) is 8.78. The van der Waals surface area contributed by atoms with E-state index in [0.717, 1.165) is 11.1 Å². The molecule has 29 heavy (non-hydrogen) atoms. The Bertz CT molecular complexity index is 850. The van der Waals surface area contributed by atoms with Crippen LogP contribution in [0, 0.1) is 0 Å². The molecule has 0 saturated heterocycles. The minimum Gasteiger partial charge on any atom is -0.391 e. The van der Waals surface area contributed by atoms with E-state index in [1.807, 2.05) is 12.1 Å². The van der Waals surface area contributed by atoms with Crippen molar-refractivity contribution in [2.75, 3.05) is 19.0 Å². The Hall–Kier alpha value is -3.27. The zero-order valence-electron chi connectivity index (χ0n) is 16.0. The van der Waals surface area contributed by atoms with Crippen LogP contribution in [-0.4, -0.2) is 53.9 Å². The van der Waals surface area contributed by atoms with Crippen molar-refractivity contribution in [1.29, 1.82) is 0 Å². The summed E-state index contributed by atoms with van der Waals surface area (Å²) in [6.45, 7) is 1.30. The zero-order chi connectivity index (χ0) is 21.4. The van der Waals surface area contributed by atoms with Crippen molar-refractivity contribution in [1.82, 2.24) is 10.8 Å². The number of methoxy groups -OCH3 is 1. The smallest absolute Gasteiger partial charge is 0.268 e. The quantitative estimate of drug-likeness (QED) is 0.330. The van der Waals surface area contributed by atoms with Gasteiger partial charge in [0, 0.05) is 18.4 Å². The summed E-state index contributed by atoms with van der Waals surface area (Å²) in [7, 11) is 1.44. The minimum absolute atomic E-state index is 0.0266. The highest BCUT2D eigenvalue weighted by Crippen LogP contribution is 2.22. The average Bonchev–Trinajstić information content (AvgIpc) is 2.72. The lowest BCUT2D eigenvalue weighted by Gasteiger charge is -2.19. The van der Waals surface area contributed by atoms with Gasteiger partial charge in [-0.1, -0.05) is 24.3 Å². The molecule has 0 spiro atoms. The summed E-state index contributed by atoms with van der Waals surface area (Å²) in [6, 6.07) is 12.5. The molecule has 154 valence electrons. The number of amides is 3. The lowest BCUT2D eigenvalue weighted by atomic mass is 10.0. The van der Waals surface area contributed by atoms with E-state index in [2.05, 4.69) is 10.6 Å². The van der Waals surface area contributed by atoms with E-state index in [4.69, 9.17) is 9.94 Å². The molecule has 0 bridgehead atoms. The van der Waals surface area contributed by atoms with Gasteiger partial charge < -0.3 is 20.5 Å². The SMILES string of the molecule is COCC(=O)Nc1ccc(-c2ccc(C(=O)N[C@H](C(=O)NO)[C@@H](C)O)cc2)cc1. The van der Waals surface area contributed by atoms with Crippen molar-refractivity contribution in [2.45, 2.75) is 19.1 Å². The van der Waals surface area contributed by atoms with Gasteiger partial charge in [-0.25, -0.2) is 5.48 Å². The lowest BCUT2D eigenvalue weighted by molar-refractivity contribution is -0.133. The van der Waals surface area contributed by atoms with Crippen LogP contribution in [0.25, 0.3) is 11.1 Å². The number of hydroxylamine groups is 1. The number of hydrogen-bond donors (Lipinski definition) is 5. The summed E-state index contributed by atoms with van der Waals surface area (Å²) >= 11 is 0. The van der Waals surface area contributed by atoms with Gasteiger partial charge in [-0.2, -0.15) is 0 Å². The summed E-state index contributed by atoms with van der Waals surface area (Å²) in [5.74, 6) is -1.73. The molecule has 0 aliphatic carbocycles. The van der Waals surface area contributed by atoms with Gasteiger partial charge in [0.25, 0.3) is 11.8 Å². The molecular formula is C20H23N3O6. The molecule has 0 aliphatic heterocycles. The Labute approximate surface area is 167 Å². The van der Waals surface area contributed by atoms with Crippen molar-refractivity contribution in [3.05, 3.63) is 54.1 Å². The monoisotopic (exact) mass is 401 g/mol. The number of carbonyl (C=O) groups excluding carboxylic acids is 3. The van der Waals surface area contributed by atoms with Gasteiger partial charge in [-0.05, 0) is 42.3 Å². The number of ether oxygens (including phenoxy) is 1. The Morgan fingerprint density at radius 2 is 1.55 bits per heavy atom. The van der Waals surface area contributed by atoms with E-state index >= 15 is 0 Å². The van der Waals surface area contributed by atoms with E-state index in [0.29, 0.717) is 5.69 Å². The van der Waals surface area contributed by atoms with Gasteiger partial charge in [-0.3, -0.25) is 19.6 Å². The second-order valence-electron chi connectivity index (χ2n) is 6.30. The van der Waals surface area contributed by atoms with Crippen LogP contribution in [0.15, 0.2) is 48.5 Å². The van der Waals surface area contributed by atoms with E-state index in [1.54, 1.807) is 36.4 Å². The molecule has 9 heteroatoms. The Kier molecular flexibility index (Phi) is 7.84. The molecule has 2 aromatic carbocycles. The third-order valence-corrected chi connectivity index (χ3v) is 4.09. The van der Waals surface area contributed by atoms with Crippen LogP contribution in [0.2, 0.25) is 0 Å². The van der Waals surface area contributed by atoms with Gasteiger partial charge in [0.1, 0.15) is 12.6 Å². The highest BCUT2D eigenvalue weighted by atomic mass is 16.5. The fraction of sp³-hybridized carbons (Fsp3) is 0.250. The molecule has 0 fully saturated rings. The number of anilines is 1. The third kappa shape index (κ3) is 6.11. The Morgan fingerprint density at radius 1 is 1.00 bits per heavy atom. The van der Waals surface area contributed by atoms with Crippen LogP contribution in [0.4, 0.5) is 5.69 Å². The maximum atomic E-state index is 12.3. The van der Waals surface area contributed by atoms with Gasteiger partial charge in [0.15, 0.2) is 0 Å². The molecule has 0 saturated carbocycles. The van der Waals surface area contributed by atoms with Crippen LogP contribution in [0.3, 0.4) is 0 Å². The second kappa shape index (κ2) is 10.3. The first-order chi connectivity index (χ1) is 13.8. The highest BCUT2D eigenvalue weighted by Gasteiger charge is 2.25. The molecular weight excluding hydrogens is 378 g/mol. The summed E-state index contributed by atoms with van der Waals surface area (Å²) in [6.07, 6.45) is -1.19. The van der Waals surface area contributed by atoms with E-state index in [1.165, 1.54) is 19.5 Å². The first-order valence-electron chi connectivity index (χ1n) is 8.78. The maximum absolute atomic E-state index is 12.3. The molecule has 0 unspecified atom stereocenters. The Morgan fingerprint density at radius 3 is 2.03 bits per heavy atom. The molecule has 0 aliphatic rings. The lowest BCUT2D eigenvalue weighted by Crippen LogP contribution is -2.51. The zero-order valence-corrected chi connectivity index (χ0v) is 16.0. The summed E-state index contributed by atoms with van der Waals surface area (Å²) in [5, 5.41) is 23.4. The highest BCUT2D eigenvalue weighted by molar-refractivity contribution is 5.98. The molecule has 9 nitrogen and oxygen atoms in total. The molecule has 0 aromatic heterocycles. The molecule has 0 radical (unpaired) electrons.